The van der Waals surface area contributed by atoms with Gasteiger partial charge in [-0.05, 0) is 34.6 Å². The maximum atomic E-state index is 11.8. The first-order valence-corrected chi connectivity index (χ1v) is 8.39. The Morgan fingerprint density at radius 1 is 1.33 bits per heavy atom. The second-order valence-electron chi connectivity index (χ2n) is 5.50. The summed E-state index contributed by atoms with van der Waals surface area (Å²) in [7, 11) is -1.94. The van der Waals surface area contributed by atoms with Gasteiger partial charge in [-0.2, -0.15) is 0 Å². The third-order valence-corrected chi connectivity index (χ3v) is 4.29. The van der Waals surface area contributed by atoms with Crippen molar-refractivity contribution in [3.05, 3.63) is 29.8 Å². The van der Waals surface area contributed by atoms with Gasteiger partial charge in [0, 0.05) is 12.1 Å². The van der Waals surface area contributed by atoms with Gasteiger partial charge < -0.3 is 10.8 Å². The number of nitrogens with two attached hydrogens (primary N) is 1. The van der Waals surface area contributed by atoms with Crippen LogP contribution in [0, 0.1) is 11.8 Å². The molecule has 1 aromatic carbocycles. The average molecular weight is 312 g/mol. The monoisotopic (exact) mass is 312 g/mol. The van der Waals surface area contributed by atoms with Crippen LogP contribution in [0.1, 0.15) is 25.8 Å². The molecule has 2 atom stereocenters. The number of carboxylic acids is 1. The van der Waals surface area contributed by atoms with Crippen LogP contribution >= 0.6 is 8.03 Å². The number of rotatable bonds is 9. The Hall–Kier alpha value is -1.45. The fourth-order valence-corrected chi connectivity index (χ4v) is 3.07. The van der Waals surface area contributed by atoms with E-state index in [-0.39, 0.29) is 12.1 Å². The van der Waals surface area contributed by atoms with Crippen LogP contribution in [-0.2, 0) is 20.3 Å². The summed E-state index contributed by atoms with van der Waals surface area (Å²) in [4.78, 5) is 11.1. The maximum absolute atomic E-state index is 11.8. The van der Waals surface area contributed by atoms with E-state index >= 15 is 0 Å². The van der Waals surface area contributed by atoms with Crippen molar-refractivity contribution < 1.29 is 19.0 Å². The number of carbonyl (C=O) groups is 1. The number of nitrogen functional groups attached to an aromatic ring is 1. The van der Waals surface area contributed by atoms with Crippen LogP contribution in [0.3, 0.4) is 0 Å². The molecule has 1 aromatic rings. The van der Waals surface area contributed by atoms with Crippen LogP contribution in [0.4, 0.5) is 5.69 Å². The molecule has 0 aromatic heterocycles. The lowest BCUT2D eigenvalue weighted by Crippen LogP contribution is -2.18. The Labute approximate surface area is 126 Å². The lowest BCUT2D eigenvalue weighted by molar-refractivity contribution is -0.141. The van der Waals surface area contributed by atoms with Crippen molar-refractivity contribution in [1.29, 1.82) is 0 Å². The number of anilines is 1. The molecule has 2 unspecified atom stereocenters. The van der Waals surface area contributed by atoms with Gasteiger partial charge >= 0.3 is 14.0 Å². The second kappa shape index (κ2) is 8.75. The van der Waals surface area contributed by atoms with Gasteiger partial charge in [0.1, 0.15) is 12.5 Å². The first-order chi connectivity index (χ1) is 9.88. The standard InChI is InChI=1S/C15H22NO4P/c1-11(2)9-13(15(17)18)10-21(19)20-8-7-12-3-5-14(16)6-4-12/h3-6,11,13H,7-10,16H2,1-2H3/p+1. The number of benzene rings is 1. The molecule has 0 spiro atoms. The van der Waals surface area contributed by atoms with Gasteiger partial charge in [-0.1, -0.05) is 26.0 Å². The molecule has 0 aliphatic rings. The van der Waals surface area contributed by atoms with Crippen molar-refractivity contribution in [2.75, 3.05) is 18.5 Å². The van der Waals surface area contributed by atoms with Gasteiger partial charge in [-0.15, -0.1) is 4.52 Å². The molecule has 21 heavy (non-hydrogen) atoms. The lowest BCUT2D eigenvalue weighted by Gasteiger charge is -2.09. The minimum atomic E-state index is -1.94. The van der Waals surface area contributed by atoms with Gasteiger partial charge in [0.2, 0.25) is 0 Å². The highest BCUT2D eigenvalue weighted by Crippen LogP contribution is 2.29. The SMILES string of the molecule is CC(C)CC(C[P+](=O)OCCc1ccc(N)cc1)C(=O)O. The molecule has 0 aliphatic heterocycles. The summed E-state index contributed by atoms with van der Waals surface area (Å²) in [6, 6.07) is 7.39. The third kappa shape index (κ3) is 7.21. The largest absolute Gasteiger partial charge is 0.508 e. The van der Waals surface area contributed by atoms with E-state index in [0.717, 1.165) is 5.56 Å². The summed E-state index contributed by atoms with van der Waals surface area (Å²) >= 11 is 0. The quantitative estimate of drug-likeness (QED) is 0.539. The van der Waals surface area contributed by atoms with E-state index in [9.17, 15) is 9.36 Å². The van der Waals surface area contributed by atoms with Gasteiger partial charge in [0.25, 0.3) is 0 Å². The van der Waals surface area contributed by atoms with Gasteiger partial charge in [-0.3, -0.25) is 4.79 Å². The predicted molar refractivity (Wildman–Crippen MR) is 83.6 cm³/mol. The molecule has 0 amide bonds. The van der Waals surface area contributed by atoms with Gasteiger partial charge in [0.05, 0.1) is 0 Å². The van der Waals surface area contributed by atoms with Crippen molar-refractivity contribution in [3.8, 4) is 0 Å². The van der Waals surface area contributed by atoms with Crippen molar-refractivity contribution >= 4 is 19.7 Å². The van der Waals surface area contributed by atoms with Crippen molar-refractivity contribution in [2.24, 2.45) is 11.8 Å². The van der Waals surface area contributed by atoms with E-state index < -0.39 is 19.9 Å². The first kappa shape index (κ1) is 17.6. The van der Waals surface area contributed by atoms with Crippen LogP contribution < -0.4 is 5.73 Å². The molecule has 0 fully saturated rings. The normalized spacial score (nSPS) is 13.2. The molecule has 0 saturated heterocycles. The maximum Gasteiger partial charge on any atom is 0.508 e. The van der Waals surface area contributed by atoms with Crippen molar-refractivity contribution in [1.82, 2.24) is 0 Å². The highest BCUT2D eigenvalue weighted by Gasteiger charge is 2.30. The van der Waals surface area contributed by atoms with E-state index in [1.165, 1.54) is 0 Å². The summed E-state index contributed by atoms with van der Waals surface area (Å²) in [5.41, 5.74) is 7.34. The van der Waals surface area contributed by atoms with Crippen LogP contribution in [-0.4, -0.2) is 23.8 Å². The smallest absolute Gasteiger partial charge is 0.481 e. The van der Waals surface area contributed by atoms with Crippen LogP contribution in [0.25, 0.3) is 0 Å². The zero-order valence-corrected chi connectivity index (χ0v) is 13.4. The molecular weight excluding hydrogens is 289 g/mol. The van der Waals surface area contributed by atoms with Crippen molar-refractivity contribution in [2.45, 2.75) is 26.7 Å². The van der Waals surface area contributed by atoms with E-state index in [1.54, 1.807) is 12.1 Å². The molecular formula is C15H23NO4P+. The Balaban J connectivity index is 2.35. The van der Waals surface area contributed by atoms with Crippen molar-refractivity contribution in [3.63, 3.8) is 0 Å². The molecule has 0 aliphatic carbocycles. The van der Waals surface area contributed by atoms with E-state index in [4.69, 9.17) is 15.4 Å². The molecule has 0 radical (unpaired) electrons. The highest BCUT2D eigenvalue weighted by molar-refractivity contribution is 7.39. The van der Waals surface area contributed by atoms with Crippen LogP contribution in [0.15, 0.2) is 24.3 Å². The summed E-state index contributed by atoms with van der Waals surface area (Å²) in [5, 5.41) is 9.10. The molecule has 3 N–H and O–H groups in total. The minimum Gasteiger partial charge on any atom is -0.481 e. The highest BCUT2D eigenvalue weighted by atomic mass is 31.1. The van der Waals surface area contributed by atoms with E-state index in [0.29, 0.717) is 25.1 Å². The predicted octanol–water partition coefficient (Wildman–Crippen LogP) is 3.32. The van der Waals surface area contributed by atoms with E-state index in [1.807, 2.05) is 26.0 Å². The summed E-state index contributed by atoms with van der Waals surface area (Å²) in [5.74, 6) is -1.26. The van der Waals surface area contributed by atoms with E-state index in [2.05, 4.69) is 0 Å². The Morgan fingerprint density at radius 3 is 2.48 bits per heavy atom. The second-order valence-corrected chi connectivity index (χ2v) is 6.79. The fourth-order valence-electron chi connectivity index (χ4n) is 2.00. The molecule has 5 nitrogen and oxygen atoms in total. The Morgan fingerprint density at radius 2 is 1.95 bits per heavy atom. The fraction of sp³-hybridized carbons (Fsp3) is 0.533. The Kier molecular flexibility index (Phi) is 7.34. The van der Waals surface area contributed by atoms with Gasteiger partial charge in [-0.25, -0.2) is 0 Å². The first-order valence-electron chi connectivity index (χ1n) is 7.03. The number of hydrogen-bond acceptors (Lipinski definition) is 4. The number of hydrogen-bond donors (Lipinski definition) is 2. The van der Waals surface area contributed by atoms with Crippen LogP contribution in [0.2, 0.25) is 0 Å². The Bertz CT molecular complexity index is 473. The average Bonchev–Trinajstić information content (AvgIpc) is 2.39. The lowest BCUT2D eigenvalue weighted by atomic mass is 9.99. The van der Waals surface area contributed by atoms with Crippen LogP contribution in [0.5, 0.6) is 0 Å². The third-order valence-electron chi connectivity index (χ3n) is 3.08. The summed E-state index contributed by atoms with van der Waals surface area (Å²) in [6.07, 6.45) is 1.21. The molecule has 0 saturated carbocycles. The number of aliphatic carboxylic acids is 1. The zero-order valence-electron chi connectivity index (χ0n) is 12.5. The molecule has 0 bridgehead atoms. The zero-order chi connectivity index (χ0) is 15.8. The summed E-state index contributed by atoms with van der Waals surface area (Å²) in [6.45, 7) is 4.21. The topological polar surface area (TPSA) is 89.6 Å². The molecule has 116 valence electrons. The minimum absolute atomic E-state index is 0.0740. The van der Waals surface area contributed by atoms with Gasteiger partial charge in [0.15, 0.2) is 6.16 Å². The summed E-state index contributed by atoms with van der Waals surface area (Å²) < 4.78 is 17.1. The number of carboxylic acid groups (broad SMARTS) is 1. The molecule has 1 rings (SSSR count). The molecule has 6 heteroatoms. The molecule has 0 heterocycles.